The number of hydrogen-bond acceptors (Lipinski definition) is 3. The van der Waals surface area contributed by atoms with Crippen LogP contribution in [0.15, 0.2) is 36.9 Å². The highest BCUT2D eigenvalue weighted by atomic mass is 16.5. The van der Waals surface area contributed by atoms with Gasteiger partial charge in [0.15, 0.2) is 0 Å². The first kappa shape index (κ1) is 14.8. The Hall–Kier alpha value is -2.30. The number of carboxylic acid groups (broad SMARTS) is 1. The molecule has 0 spiro atoms. The molecule has 102 valence electrons. The molecule has 1 aromatic carbocycles. The molecule has 0 aliphatic rings. The zero-order chi connectivity index (χ0) is 14.3. The standard InChI is InChI=1S/C14H17NO4/c1-3-8-19-12-6-4-11(5-7-12)10-15(2)13(16)9-14(17)18/h3-7H,1,8-10H2,2H3,(H,17,18). The van der Waals surface area contributed by atoms with E-state index < -0.39 is 18.3 Å². The lowest BCUT2D eigenvalue weighted by Gasteiger charge is -2.16. The van der Waals surface area contributed by atoms with E-state index in [0.29, 0.717) is 13.2 Å². The highest BCUT2D eigenvalue weighted by Crippen LogP contribution is 2.13. The monoisotopic (exact) mass is 263 g/mol. The fourth-order valence-corrected chi connectivity index (χ4v) is 1.47. The molecule has 0 fully saturated rings. The first-order valence-electron chi connectivity index (χ1n) is 5.81. The number of carbonyl (C=O) groups is 2. The van der Waals surface area contributed by atoms with Crippen LogP contribution in [0.5, 0.6) is 5.75 Å². The molecule has 0 heterocycles. The molecular weight excluding hydrogens is 246 g/mol. The Bertz CT molecular complexity index is 453. The zero-order valence-electron chi connectivity index (χ0n) is 10.8. The van der Waals surface area contributed by atoms with Crippen molar-refractivity contribution < 1.29 is 19.4 Å². The average Bonchev–Trinajstić information content (AvgIpc) is 2.37. The van der Waals surface area contributed by atoms with Crippen molar-refractivity contribution >= 4 is 11.9 Å². The van der Waals surface area contributed by atoms with E-state index in [1.807, 2.05) is 12.1 Å². The number of rotatable bonds is 7. The summed E-state index contributed by atoms with van der Waals surface area (Å²) in [4.78, 5) is 23.3. The Labute approximate surface area is 112 Å². The van der Waals surface area contributed by atoms with E-state index in [0.717, 1.165) is 11.3 Å². The summed E-state index contributed by atoms with van der Waals surface area (Å²) in [7, 11) is 1.58. The summed E-state index contributed by atoms with van der Waals surface area (Å²) in [5.41, 5.74) is 0.909. The lowest BCUT2D eigenvalue weighted by molar-refractivity contribution is -0.143. The maximum atomic E-state index is 11.5. The van der Waals surface area contributed by atoms with Gasteiger partial charge in [-0.15, -0.1) is 0 Å². The molecule has 5 nitrogen and oxygen atoms in total. The molecule has 1 N–H and O–H groups in total. The maximum absolute atomic E-state index is 11.5. The molecule has 0 aliphatic carbocycles. The van der Waals surface area contributed by atoms with Gasteiger partial charge in [-0.25, -0.2) is 0 Å². The summed E-state index contributed by atoms with van der Waals surface area (Å²) < 4.78 is 5.34. The van der Waals surface area contributed by atoms with Crippen molar-refractivity contribution in [1.82, 2.24) is 4.90 Å². The smallest absolute Gasteiger partial charge is 0.312 e. The SMILES string of the molecule is C=CCOc1ccc(CN(C)C(=O)CC(=O)O)cc1. The van der Waals surface area contributed by atoms with E-state index in [1.165, 1.54) is 4.90 Å². The Balaban J connectivity index is 2.54. The Morgan fingerprint density at radius 2 is 2.00 bits per heavy atom. The maximum Gasteiger partial charge on any atom is 0.312 e. The second-order valence-electron chi connectivity index (χ2n) is 4.06. The molecule has 0 saturated carbocycles. The van der Waals surface area contributed by atoms with Crippen LogP contribution in [0.25, 0.3) is 0 Å². The Kier molecular flexibility index (Phi) is 5.60. The zero-order valence-corrected chi connectivity index (χ0v) is 10.8. The van der Waals surface area contributed by atoms with Crippen LogP contribution in [-0.2, 0) is 16.1 Å². The molecule has 0 radical (unpaired) electrons. The van der Waals surface area contributed by atoms with Gasteiger partial charge in [0.25, 0.3) is 0 Å². The number of benzene rings is 1. The second-order valence-corrected chi connectivity index (χ2v) is 4.06. The molecule has 5 heteroatoms. The Morgan fingerprint density at radius 3 is 2.53 bits per heavy atom. The van der Waals surface area contributed by atoms with Crippen LogP contribution >= 0.6 is 0 Å². The minimum absolute atomic E-state index is 0.369. The van der Waals surface area contributed by atoms with Gasteiger partial charge >= 0.3 is 5.97 Å². The van der Waals surface area contributed by atoms with Crippen LogP contribution in [0.3, 0.4) is 0 Å². The number of aliphatic carboxylic acids is 1. The van der Waals surface area contributed by atoms with Crippen molar-refractivity contribution in [2.75, 3.05) is 13.7 Å². The second kappa shape index (κ2) is 7.20. The molecule has 0 aliphatic heterocycles. The molecule has 1 aromatic rings. The van der Waals surface area contributed by atoms with Crippen molar-refractivity contribution in [3.63, 3.8) is 0 Å². The van der Waals surface area contributed by atoms with Crippen LogP contribution < -0.4 is 4.74 Å². The van der Waals surface area contributed by atoms with Crippen LogP contribution in [0, 0.1) is 0 Å². The summed E-state index contributed by atoms with van der Waals surface area (Å²) in [5.74, 6) is -0.812. The molecular formula is C14H17NO4. The first-order valence-corrected chi connectivity index (χ1v) is 5.81. The van der Waals surface area contributed by atoms with Crippen LogP contribution in [-0.4, -0.2) is 35.5 Å². The van der Waals surface area contributed by atoms with Crippen LogP contribution in [0.4, 0.5) is 0 Å². The van der Waals surface area contributed by atoms with Crippen molar-refractivity contribution in [1.29, 1.82) is 0 Å². The van der Waals surface area contributed by atoms with Crippen LogP contribution in [0.2, 0.25) is 0 Å². The van der Waals surface area contributed by atoms with Crippen molar-refractivity contribution in [2.45, 2.75) is 13.0 Å². The normalized spacial score (nSPS) is 9.74. The van der Waals surface area contributed by atoms with Gasteiger partial charge in [0.1, 0.15) is 18.8 Å². The van der Waals surface area contributed by atoms with Gasteiger partial charge in [-0.3, -0.25) is 9.59 Å². The van der Waals surface area contributed by atoms with Gasteiger partial charge in [-0.1, -0.05) is 24.8 Å². The molecule has 1 rings (SSSR count). The van der Waals surface area contributed by atoms with Gasteiger partial charge in [0, 0.05) is 13.6 Å². The number of nitrogens with zero attached hydrogens (tertiary/aromatic N) is 1. The van der Waals surface area contributed by atoms with E-state index >= 15 is 0 Å². The van der Waals surface area contributed by atoms with Gasteiger partial charge in [-0.05, 0) is 17.7 Å². The third kappa shape index (κ3) is 5.25. The minimum Gasteiger partial charge on any atom is -0.490 e. The summed E-state index contributed by atoms with van der Waals surface area (Å²) in [6.45, 7) is 4.37. The number of amides is 1. The van der Waals surface area contributed by atoms with E-state index in [4.69, 9.17) is 9.84 Å². The van der Waals surface area contributed by atoms with Crippen molar-refractivity contribution in [2.24, 2.45) is 0 Å². The summed E-state index contributed by atoms with van der Waals surface area (Å²) in [5, 5.41) is 8.55. The molecule has 19 heavy (non-hydrogen) atoms. The largest absolute Gasteiger partial charge is 0.490 e. The van der Waals surface area contributed by atoms with E-state index in [1.54, 1.807) is 25.3 Å². The molecule has 0 unspecified atom stereocenters. The topological polar surface area (TPSA) is 66.8 Å². The predicted molar refractivity (Wildman–Crippen MR) is 70.9 cm³/mol. The van der Waals surface area contributed by atoms with Crippen LogP contribution in [0.1, 0.15) is 12.0 Å². The van der Waals surface area contributed by atoms with E-state index in [9.17, 15) is 9.59 Å². The highest BCUT2D eigenvalue weighted by Gasteiger charge is 2.13. The Morgan fingerprint density at radius 1 is 1.37 bits per heavy atom. The van der Waals surface area contributed by atoms with Gasteiger partial charge in [-0.2, -0.15) is 0 Å². The van der Waals surface area contributed by atoms with Crippen molar-refractivity contribution in [3.8, 4) is 5.75 Å². The molecule has 1 amide bonds. The molecule has 0 bridgehead atoms. The number of carbonyl (C=O) groups excluding carboxylic acids is 1. The van der Waals surface area contributed by atoms with Crippen molar-refractivity contribution in [3.05, 3.63) is 42.5 Å². The fourth-order valence-electron chi connectivity index (χ4n) is 1.47. The van der Waals surface area contributed by atoms with Gasteiger partial charge < -0.3 is 14.7 Å². The average molecular weight is 263 g/mol. The van der Waals surface area contributed by atoms with Gasteiger partial charge in [0.05, 0.1) is 0 Å². The number of ether oxygens (including phenoxy) is 1. The number of hydrogen-bond donors (Lipinski definition) is 1. The number of carboxylic acids is 1. The molecule has 0 saturated heterocycles. The third-order valence-corrected chi connectivity index (χ3v) is 2.44. The third-order valence-electron chi connectivity index (χ3n) is 2.44. The lowest BCUT2D eigenvalue weighted by atomic mass is 10.2. The minimum atomic E-state index is -1.12. The predicted octanol–water partition coefficient (Wildman–Crippen LogP) is 1.68. The molecule has 0 atom stereocenters. The lowest BCUT2D eigenvalue weighted by Crippen LogP contribution is -2.27. The van der Waals surface area contributed by atoms with Gasteiger partial charge in [0.2, 0.25) is 5.91 Å². The molecule has 0 aromatic heterocycles. The van der Waals surface area contributed by atoms with E-state index in [2.05, 4.69) is 6.58 Å². The first-order chi connectivity index (χ1) is 9.02. The fraction of sp³-hybridized carbons (Fsp3) is 0.286. The summed E-state index contributed by atoms with van der Waals surface area (Å²) >= 11 is 0. The van der Waals surface area contributed by atoms with E-state index in [-0.39, 0.29) is 0 Å². The quantitative estimate of drug-likeness (QED) is 0.600. The summed E-state index contributed by atoms with van der Waals surface area (Å²) in [6.07, 6.45) is 1.17. The highest BCUT2D eigenvalue weighted by molar-refractivity contribution is 5.93. The summed E-state index contributed by atoms with van der Waals surface area (Å²) in [6, 6.07) is 7.27.